The van der Waals surface area contributed by atoms with Crippen LogP contribution in [0.3, 0.4) is 0 Å². The second-order valence-electron chi connectivity index (χ2n) is 7.71. The number of halogens is 3. The Morgan fingerprint density at radius 1 is 1.22 bits per heavy atom. The van der Waals surface area contributed by atoms with Crippen LogP contribution in [0.1, 0.15) is 41.5 Å². The lowest BCUT2D eigenvalue weighted by Crippen LogP contribution is -2.56. The minimum Gasteiger partial charge on any atom is -0.494 e. The van der Waals surface area contributed by atoms with Gasteiger partial charge in [-0.05, 0) is 50.1 Å². The standard InChI is InChI=1S/C23H22F3N3O3/c1-15-10-16(2)12-18(11-15)20-13-22(31,23(24,25)26)29(28-20)21(30)4-3-9-32-19-7-5-17(14-27)6-8-19/h5-8,10-12,31H,3-4,9,13H2,1-2H3. The molecule has 1 heterocycles. The smallest absolute Gasteiger partial charge is 0.438 e. The summed E-state index contributed by atoms with van der Waals surface area (Å²) in [5.74, 6) is -0.479. The molecule has 1 atom stereocenters. The van der Waals surface area contributed by atoms with Gasteiger partial charge in [0, 0.05) is 6.42 Å². The highest BCUT2D eigenvalue weighted by Gasteiger charge is 2.63. The number of hydrogen-bond acceptors (Lipinski definition) is 5. The fourth-order valence-electron chi connectivity index (χ4n) is 3.48. The molecule has 32 heavy (non-hydrogen) atoms. The molecule has 9 heteroatoms. The van der Waals surface area contributed by atoms with E-state index in [1.165, 1.54) is 0 Å². The first kappa shape index (κ1) is 23.3. The highest BCUT2D eigenvalue weighted by atomic mass is 19.4. The maximum atomic E-state index is 13.7. The fraction of sp³-hybridized carbons (Fsp3) is 0.348. The van der Waals surface area contributed by atoms with Gasteiger partial charge in [-0.1, -0.05) is 29.3 Å². The van der Waals surface area contributed by atoms with Gasteiger partial charge in [-0.15, -0.1) is 0 Å². The van der Waals surface area contributed by atoms with Crippen LogP contribution < -0.4 is 4.74 Å². The van der Waals surface area contributed by atoms with E-state index in [0.717, 1.165) is 11.1 Å². The number of aliphatic hydroxyl groups is 1. The molecule has 3 rings (SSSR count). The fourth-order valence-corrected chi connectivity index (χ4v) is 3.48. The molecule has 0 saturated heterocycles. The lowest BCUT2D eigenvalue weighted by Gasteiger charge is -2.32. The van der Waals surface area contributed by atoms with Crippen molar-refractivity contribution in [1.82, 2.24) is 5.01 Å². The van der Waals surface area contributed by atoms with Crippen LogP contribution in [0, 0.1) is 25.2 Å². The number of rotatable bonds is 6. The number of ether oxygens (including phenoxy) is 1. The molecule has 2 aromatic rings. The molecule has 0 spiro atoms. The summed E-state index contributed by atoms with van der Waals surface area (Å²) < 4.78 is 46.6. The Morgan fingerprint density at radius 2 is 1.84 bits per heavy atom. The number of aryl methyl sites for hydroxylation is 2. The van der Waals surface area contributed by atoms with Crippen molar-refractivity contribution in [3.8, 4) is 11.8 Å². The van der Waals surface area contributed by atoms with Gasteiger partial charge >= 0.3 is 6.18 Å². The summed E-state index contributed by atoms with van der Waals surface area (Å²) in [6.07, 6.45) is -6.09. The Bertz CT molecular complexity index is 1050. The number of carbonyl (C=O) groups is 1. The monoisotopic (exact) mass is 445 g/mol. The van der Waals surface area contributed by atoms with Gasteiger partial charge in [0.25, 0.3) is 5.72 Å². The van der Waals surface area contributed by atoms with E-state index in [9.17, 15) is 23.1 Å². The number of alkyl halides is 3. The summed E-state index contributed by atoms with van der Waals surface area (Å²) in [4.78, 5) is 12.6. The van der Waals surface area contributed by atoms with Crippen molar-refractivity contribution < 1.29 is 27.8 Å². The summed E-state index contributed by atoms with van der Waals surface area (Å²) >= 11 is 0. The molecule has 1 aliphatic heterocycles. The van der Waals surface area contributed by atoms with E-state index in [4.69, 9.17) is 10.00 Å². The second kappa shape index (κ2) is 9.01. The maximum Gasteiger partial charge on any atom is 0.438 e. The van der Waals surface area contributed by atoms with Crippen molar-refractivity contribution in [2.45, 2.75) is 45.0 Å². The number of carbonyl (C=O) groups excluding carboxylic acids is 1. The van der Waals surface area contributed by atoms with Crippen molar-refractivity contribution in [2.24, 2.45) is 5.10 Å². The first-order valence-electron chi connectivity index (χ1n) is 9.95. The zero-order valence-corrected chi connectivity index (χ0v) is 17.6. The van der Waals surface area contributed by atoms with Crippen LogP contribution in [0.4, 0.5) is 13.2 Å². The number of nitrogens with zero attached hydrogens (tertiary/aromatic N) is 3. The van der Waals surface area contributed by atoms with Crippen molar-refractivity contribution in [3.63, 3.8) is 0 Å². The first-order valence-corrected chi connectivity index (χ1v) is 9.95. The number of benzene rings is 2. The lowest BCUT2D eigenvalue weighted by atomic mass is 9.98. The zero-order valence-electron chi connectivity index (χ0n) is 17.6. The van der Waals surface area contributed by atoms with Crippen LogP contribution in [0.15, 0.2) is 47.6 Å². The van der Waals surface area contributed by atoms with Gasteiger partial charge in [0.1, 0.15) is 5.75 Å². The number of hydrogen-bond donors (Lipinski definition) is 1. The topological polar surface area (TPSA) is 85.9 Å². The predicted octanol–water partition coefficient (Wildman–Crippen LogP) is 4.22. The van der Waals surface area contributed by atoms with E-state index in [0.29, 0.717) is 16.9 Å². The van der Waals surface area contributed by atoms with E-state index in [-0.39, 0.29) is 30.2 Å². The maximum absolute atomic E-state index is 13.7. The van der Waals surface area contributed by atoms with Gasteiger partial charge in [-0.25, -0.2) is 0 Å². The quantitative estimate of drug-likeness (QED) is 0.675. The highest BCUT2D eigenvalue weighted by Crippen LogP contribution is 2.41. The molecular formula is C23H22F3N3O3. The second-order valence-corrected chi connectivity index (χ2v) is 7.71. The molecule has 0 aliphatic carbocycles. The highest BCUT2D eigenvalue weighted by molar-refractivity contribution is 6.03. The van der Waals surface area contributed by atoms with E-state index in [1.54, 1.807) is 50.2 Å². The number of hydrazone groups is 1. The Balaban J connectivity index is 1.70. The SMILES string of the molecule is Cc1cc(C)cc(C2=NN(C(=O)CCCOc3ccc(C#N)cc3)C(O)(C(F)(F)F)C2)c1. The van der Waals surface area contributed by atoms with E-state index in [1.807, 2.05) is 12.1 Å². The van der Waals surface area contributed by atoms with Crippen LogP contribution in [-0.4, -0.2) is 40.2 Å². The number of amides is 1. The Kier molecular flexibility index (Phi) is 6.55. The molecule has 6 nitrogen and oxygen atoms in total. The Hall–Kier alpha value is -3.38. The van der Waals surface area contributed by atoms with Crippen molar-refractivity contribution >= 4 is 11.6 Å². The third kappa shape index (κ3) is 4.92. The first-order chi connectivity index (χ1) is 15.0. The van der Waals surface area contributed by atoms with Crippen LogP contribution in [0.5, 0.6) is 5.75 Å². The molecule has 0 fully saturated rings. The summed E-state index contributed by atoms with van der Waals surface area (Å²) in [6.45, 7) is 3.68. The summed E-state index contributed by atoms with van der Waals surface area (Å²) in [5, 5.41) is 23.2. The molecule has 0 saturated carbocycles. The minimum absolute atomic E-state index is 0.00110. The van der Waals surface area contributed by atoms with E-state index in [2.05, 4.69) is 5.10 Å². The van der Waals surface area contributed by atoms with Crippen LogP contribution in [-0.2, 0) is 4.79 Å². The van der Waals surface area contributed by atoms with Crippen molar-refractivity contribution in [1.29, 1.82) is 5.26 Å². The largest absolute Gasteiger partial charge is 0.494 e. The molecule has 2 aromatic carbocycles. The molecule has 1 aliphatic rings. The van der Waals surface area contributed by atoms with E-state index >= 15 is 0 Å². The third-order valence-electron chi connectivity index (χ3n) is 5.02. The molecule has 1 amide bonds. The number of nitriles is 1. The molecule has 1 unspecified atom stereocenters. The third-order valence-corrected chi connectivity index (χ3v) is 5.02. The van der Waals surface area contributed by atoms with Gasteiger partial charge in [0.05, 0.1) is 30.4 Å². The van der Waals surface area contributed by atoms with Gasteiger partial charge in [0.2, 0.25) is 5.91 Å². The van der Waals surface area contributed by atoms with Crippen LogP contribution in [0.2, 0.25) is 0 Å². The van der Waals surface area contributed by atoms with Gasteiger partial charge in [0.15, 0.2) is 0 Å². The molecular weight excluding hydrogens is 423 g/mol. The molecule has 0 bridgehead atoms. The summed E-state index contributed by atoms with van der Waals surface area (Å²) in [6, 6.07) is 13.5. The van der Waals surface area contributed by atoms with Crippen LogP contribution >= 0.6 is 0 Å². The molecule has 0 radical (unpaired) electrons. The van der Waals surface area contributed by atoms with Gasteiger partial charge in [-0.3, -0.25) is 4.79 Å². The zero-order chi connectivity index (χ0) is 23.5. The normalized spacial score (nSPS) is 18.3. The molecule has 168 valence electrons. The van der Waals surface area contributed by atoms with E-state index < -0.39 is 24.2 Å². The van der Waals surface area contributed by atoms with Gasteiger partial charge < -0.3 is 9.84 Å². The van der Waals surface area contributed by atoms with Gasteiger partial charge in [-0.2, -0.15) is 28.5 Å². The summed E-state index contributed by atoms with van der Waals surface area (Å²) in [5.41, 5.74) is -0.828. The Morgan fingerprint density at radius 3 is 2.41 bits per heavy atom. The predicted molar refractivity (Wildman–Crippen MR) is 111 cm³/mol. The van der Waals surface area contributed by atoms with Crippen LogP contribution in [0.25, 0.3) is 0 Å². The van der Waals surface area contributed by atoms with Crippen molar-refractivity contribution in [3.05, 3.63) is 64.7 Å². The molecule has 0 aromatic heterocycles. The summed E-state index contributed by atoms with van der Waals surface area (Å²) in [7, 11) is 0. The minimum atomic E-state index is -5.08. The molecule has 1 N–H and O–H groups in total. The average molecular weight is 445 g/mol. The average Bonchev–Trinajstić information content (AvgIpc) is 3.10. The Labute approximate surface area is 183 Å². The van der Waals surface area contributed by atoms with Crippen molar-refractivity contribution in [2.75, 3.05) is 6.61 Å². The lowest BCUT2D eigenvalue weighted by molar-refractivity contribution is -0.302.